The Labute approximate surface area is 63.5 Å². The Morgan fingerprint density at radius 2 is 1.82 bits per heavy atom. The molecule has 0 spiro atoms. The van der Waals surface area contributed by atoms with E-state index in [1.165, 1.54) is 6.92 Å². The molecule has 0 aliphatic carbocycles. The van der Waals surface area contributed by atoms with Crippen LogP contribution in [-0.2, 0) is 19.4 Å². The van der Waals surface area contributed by atoms with Gasteiger partial charge in [0.25, 0.3) is 0 Å². The van der Waals surface area contributed by atoms with Crippen molar-refractivity contribution in [3.05, 3.63) is 0 Å². The van der Waals surface area contributed by atoms with Crippen LogP contribution >= 0.6 is 0 Å². The van der Waals surface area contributed by atoms with Crippen molar-refractivity contribution in [2.75, 3.05) is 0 Å². The molecule has 6 nitrogen and oxygen atoms in total. The Hall–Kier alpha value is -1.14. The Morgan fingerprint density at radius 3 is 2.09 bits per heavy atom. The molecule has 66 valence electrons. The van der Waals surface area contributed by atoms with E-state index in [4.69, 9.17) is 5.73 Å². The minimum atomic E-state index is -0.778. The van der Waals surface area contributed by atoms with Gasteiger partial charge in [0.2, 0.25) is 0 Å². The lowest BCUT2D eigenvalue weighted by molar-refractivity contribution is -0.257. The Balaban J connectivity index is 0. The van der Waals surface area contributed by atoms with Gasteiger partial charge in [0.1, 0.15) is 6.04 Å². The number of carbonyl (C=O) groups is 2. The minimum Gasteiger partial charge on any atom is -0.412 e. The average Bonchev–Trinajstić information content (AvgIpc) is 1.82. The highest BCUT2D eigenvalue weighted by molar-refractivity contribution is 5.75. The zero-order valence-corrected chi connectivity index (χ0v) is 6.29. The molecule has 0 saturated heterocycles. The number of nitrogens with two attached hydrogens (primary N) is 1. The van der Waals surface area contributed by atoms with Crippen LogP contribution in [0.4, 0.5) is 0 Å². The van der Waals surface area contributed by atoms with Gasteiger partial charge in [-0.15, -0.1) is 0 Å². The van der Waals surface area contributed by atoms with Gasteiger partial charge in [0.05, 0.1) is 0 Å². The maximum Gasteiger partial charge on any atom is 0.371 e. The van der Waals surface area contributed by atoms with Gasteiger partial charge in [0, 0.05) is 6.92 Å². The van der Waals surface area contributed by atoms with E-state index in [0.717, 1.165) is 6.92 Å². The normalized spacial score (nSPS) is 10.8. The van der Waals surface area contributed by atoms with E-state index in [1.807, 2.05) is 0 Å². The van der Waals surface area contributed by atoms with Crippen LogP contribution in [0.25, 0.3) is 0 Å². The second-order valence-corrected chi connectivity index (χ2v) is 1.77. The first kappa shape index (κ1) is 12.5. The van der Waals surface area contributed by atoms with E-state index in [0.29, 0.717) is 0 Å². The van der Waals surface area contributed by atoms with Crippen LogP contribution < -0.4 is 5.73 Å². The lowest BCUT2D eigenvalue weighted by Crippen LogP contribution is -2.29. The van der Waals surface area contributed by atoms with Crippen molar-refractivity contribution in [3.8, 4) is 0 Å². The summed E-state index contributed by atoms with van der Waals surface area (Å²) < 4.78 is 0. The Bertz CT molecular complexity index is 144. The molecule has 0 aromatic carbocycles. The molecular weight excluding hydrogens is 154 g/mol. The lowest BCUT2D eigenvalue weighted by atomic mass is 10.4. The summed E-state index contributed by atoms with van der Waals surface area (Å²) in [6, 6.07) is -0.778. The van der Waals surface area contributed by atoms with Gasteiger partial charge < -0.3 is 11.2 Å². The molecule has 0 aliphatic rings. The third kappa shape index (κ3) is 6.75. The van der Waals surface area contributed by atoms with Crippen LogP contribution in [-0.4, -0.2) is 23.5 Å². The summed E-state index contributed by atoms with van der Waals surface area (Å²) in [5, 5.41) is 0. The number of hydrogen-bond donors (Lipinski definition) is 1. The van der Waals surface area contributed by atoms with Crippen LogP contribution in [0.3, 0.4) is 0 Å². The van der Waals surface area contributed by atoms with E-state index in [9.17, 15) is 9.59 Å². The van der Waals surface area contributed by atoms with Crippen molar-refractivity contribution in [1.29, 1.82) is 0 Å². The maximum atomic E-state index is 10.4. The van der Waals surface area contributed by atoms with Crippen LogP contribution in [0.1, 0.15) is 13.8 Å². The Morgan fingerprint density at radius 1 is 1.36 bits per heavy atom. The first-order valence-electron chi connectivity index (χ1n) is 2.68. The monoisotopic (exact) mass is 165 g/mol. The summed E-state index contributed by atoms with van der Waals surface area (Å²) in [4.78, 5) is 28.3. The van der Waals surface area contributed by atoms with Crippen LogP contribution in [0.15, 0.2) is 0 Å². The summed E-state index contributed by atoms with van der Waals surface area (Å²) in [5.74, 6) is -1.45. The largest absolute Gasteiger partial charge is 0.412 e. The molecule has 0 bridgehead atoms. The van der Waals surface area contributed by atoms with Gasteiger partial charge in [0.15, 0.2) is 0 Å². The molecule has 0 saturated carbocycles. The highest BCUT2D eigenvalue weighted by atomic mass is 17.2. The summed E-state index contributed by atoms with van der Waals surface area (Å²) in [7, 11) is 0. The topological polar surface area (TPSA) is 110 Å². The fraction of sp³-hybridized carbons (Fsp3) is 0.600. The molecule has 4 N–H and O–H groups in total. The van der Waals surface area contributed by atoms with Crippen LogP contribution in [0, 0.1) is 0 Å². The molecule has 0 aliphatic heterocycles. The minimum absolute atomic E-state index is 0. The van der Waals surface area contributed by atoms with Gasteiger partial charge >= 0.3 is 11.9 Å². The van der Waals surface area contributed by atoms with E-state index >= 15 is 0 Å². The molecule has 0 radical (unpaired) electrons. The molecule has 0 amide bonds. The quantitative estimate of drug-likeness (QED) is 0.376. The van der Waals surface area contributed by atoms with E-state index in [2.05, 4.69) is 9.78 Å². The zero-order chi connectivity index (χ0) is 8.15. The molecule has 11 heavy (non-hydrogen) atoms. The van der Waals surface area contributed by atoms with Crippen molar-refractivity contribution >= 4 is 11.9 Å². The maximum absolute atomic E-state index is 10.4. The SMILES string of the molecule is CC(=O)OOC(=O)C(C)N.O. The third-order valence-corrected chi connectivity index (χ3v) is 0.613. The number of hydrogen-bond acceptors (Lipinski definition) is 5. The van der Waals surface area contributed by atoms with Gasteiger partial charge in [-0.05, 0) is 6.92 Å². The molecule has 0 aromatic rings. The summed E-state index contributed by atoms with van der Waals surface area (Å²) in [6.45, 7) is 2.54. The van der Waals surface area contributed by atoms with Crippen LogP contribution in [0.2, 0.25) is 0 Å². The molecule has 0 aromatic heterocycles. The second-order valence-electron chi connectivity index (χ2n) is 1.77. The first-order chi connectivity index (χ1) is 4.54. The average molecular weight is 165 g/mol. The predicted molar refractivity (Wildman–Crippen MR) is 35.1 cm³/mol. The lowest BCUT2D eigenvalue weighted by Gasteiger charge is -2.01. The highest BCUT2D eigenvalue weighted by Crippen LogP contribution is 1.85. The van der Waals surface area contributed by atoms with Gasteiger partial charge in [-0.2, -0.15) is 0 Å². The van der Waals surface area contributed by atoms with Crippen molar-refractivity contribution in [3.63, 3.8) is 0 Å². The van der Waals surface area contributed by atoms with E-state index in [-0.39, 0.29) is 5.48 Å². The number of carbonyl (C=O) groups excluding carboxylic acids is 2. The molecule has 1 atom stereocenters. The fourth-order valence-electron chi connectivity index (χ4n) is 0.176. The van der Waals surface area contributed by atoms with Crippen molar-refractivity contribution < 1.29 is 24.8 Å². The molecular formula is C5H11NO5. The van der Waals surface area contributed by atoms with Crippen LogP contribution in [0.5, 0.6) is 0 Å². The first-order valence-corrected chi connectivity index (χ1v) is 2.68. The summed E-state index contributed by atoms with van der Waals surface area (Å²) >= 11 is 0. The zero-order valence-electron chi connectivity index (χ0n) is 6.29. The summed E-state index contributed by atoms with van der Waals surface area (Å²) in [5.41, 5.74) is 5.06. The van der Waals surface area contributed by atoms with Gasteiger partial charge in [-0.1, -0.05) is 0 Å². The smallest absolute Gasteiger partial charge is 0.371 e. The van der Waals surface area contributed by atoms with Crippen molar-refractivity contribution in [1.82, 2.24) is 0 Å². The Kier molecular flexibility index (Phi) is 6.41. The fourth-order valence-corrected chi connectivity index (χ4v) is 0.176. The molecule has 1 unspecified atom stereocenters. The van der Waals surface area contributed by atoms with E-state index in [1.54, 1.807) is 0 Å². The second kappa shape index (κ2) is 5.63. The number of rotatable bonds is 1. The third-order valence-electron chi connectivity index (χ3n) is 0.613. The molecule has 0 rings (SSSR count). The van der Waals surface area contributed by atoms with Crippen molar-refractivity contribution in [2.24, 2.45) is 5.73 Å². The van der Waals surface area contributed by atoms with Gasteiger partial charge in [-0.25, -0.2) is 19.4 Å². The summed E-state index contributed by atoms with van der Waals surface area (Å²) in [6.07, 6.45) is 0. The van der Waals surface area contributed by atoms with Crippen molar-refractivity contribution in [2.45, 2.75) is 19.9 Å². The highest BCUT2D eigenvalue weighted by Gasteiger charge is 2.10. The molecule has 0 heterocycles. The van der Waals surface area contributed by atoms with E-state index < -0.39 is 18.0 Å². The standard InChI is InChI=1S/C5H9NO4.H2O/c1-3(6)5(8)10-9-4(2)7;/h3H,6H2,1-2H3;1H2. The molecule has 0 fully saturated rings. The van der Waals surface area contributed by atoms with Gasteiger partial charge in [-0.3, -0.25) is 0 Å². The molecule has 6 heteroatoms. The predicted octanol–water partition coefficient (Wildman–Crippen LogP) is -1.47.